The highest BCUT2D eigenvalue weighted by Gasteiger charge is 2.20. The minimum Gasteiger partial charge on any atom is -0.330 e. The Kier molecular flexibility index (Phi) is 7.19. The van der Waals surface area contributed by atoms with Crippen LogP contribution in [0.4, 0.5) is 0 Å². The first kappa shape index (κ1) is 15.9. The van der Waals surface area contributed by atoms with Gasteiger partial charge in [0.15, 0.2) is 0 Å². The van der Waals surface area contributed by atoms with Crippen molar-refractivity contribution in [1.82, 2.24) is 4.72 Å². The van der Waals surface area contributed by atoms with Crippen LogP contribution in [0.5, 0.6) is 0 Å². The zero-order chi connectivity index (χ0) is 12.8. The molecule has 0 aliphatic heterocycles. The monoisotopic (exact) mass is 250 g/mol. The third-order valence-corrected chi connectivity index (χ3v) is 4.01. The van der Waals surface area contributed by atoms with Gasteiger partial charge in [-0.15, -0.1) is 0 Å². The fourth-order valence-electron chi connectivity index (χ4n) is 1.39. The predicted molar refractivity (Wildman–Crippen MR) is 68.7 cm³/mol. The molecule has 0 rings (SSSR count). The molecule has 1 atom stereocenters. The van der Waals surface area contributed by atoms with Crippen LogP contribution in [0.25, 0.3) is 0 Å². The van der Waals surface area contributed by atoms with Crippen LogP contribution in [0, 0.1) is 11.8 Å². The second kappa shape index (κ2) is 7.25. The SMILES string of the molecule is CC(C)CCS(=O)(=O)NC(CCN)C(C)C. The molecule has 5 heteroatoms. The summed E-state index contributed by atoms with van der Waals surface area (Å²) in [5.74, 6) is 0.888. The Morgan fingerprint density at radius 3 is 2.06 bits per heavy atom. The van der Waals surface area contributed by atoms with E-state index in [2.05, 4.69) is 4.72 Å². The Balaban J connectivity index is 4.30. The van der Waals surface area contributed by atoms with Crippen LogP contribution in [0.15, 0.2) is 0 Å². The third-order valence-electron chi connectivity index (χ3n) is 2.58. The molecule has 0 aliphatic carbocycles. The van der Waals surface area contributed by atoms with E-state index in [1.165, 1.54) is 0 Å². The Morgan fingerprint density at radius 2 is 1.69 bits per heavy atom. The summed E-state index contributed by atoms with van der Waals surface area (Å²) < 4.78 is 26.3. The molecule has 4 nitrogen and oxygen atoms in total. The first-order chi connectivity index (χ1) is 7.28. The Morgan fingerprint density at radius 1 is 1.12 bits per heavy atom. The van der Waals surface area contributed by atoms with Gasteiger partial charge in [0.25, 0.3) is 0 Å². The molecule has 0 saturated carbocycles. The number of hydrogen-bond acceptors (Lipinski definition) is 3. The molecule has 0 aromatic rings. The average molecular weight is 250 g/mol. The van der Waals surface area contributed by atoms with E-state index in [9.17, 15) is 8.42 Å². The minimum atomic E-state index is -3.15. The van der Waals surface area contributed by atoms with Gasteiger partial charge in [-0.3, -0.25) is 0 Å². The Bertz CT molecular complexity index is 274. The van der Waals surface area contributed by atoms with Crippen LogP contribution in [-0.4, -0.2) is 26.8 Å². The van der Waals surface area contributed by atoms with E-state index in [0.29, 0.717) is 25.3 Å². The molecule has 16 heavy (non-hydrogen) atoms. The lowest BCUT2D eigenvalue weighted by Crippen LogP contribution is -2.41. The van der Waals surface area contributed by atoms with E-state index in [0.717, 1.165) is 0 Å². The number of nitrogens with one attached hydrogen (secondary N) is 1. The lowest BCUT2D eigenvalue weighted by molar-refractivity contribution is 0.427. The van der Waals surface area contributed by atoms with Crippen molar-refractivity contribution in [3.8, 4) is 0 Å². The van der Waals surface area contributed by atoms with Gasteiger partial charge in [-0.1, -0.05) is 27.7 Å². The van der Waals surface area contributed by atoms with Crippen LogP contribution in [0.1, 0.15) is 40.5 Å². The average Bonchev–Trinajstić information content (AvgIpc) is 2.14. The van der Waals surface area contributed by atoms with Gasteiger partial charge in [-0.05, 0) is 31.2 Å². The van der Waals surface area contributed by atoms with Crippen molar-refractivity contribution in [2.45, 2.75) is 46.6 Å². The fourth-order valence-corrected chi connectivity index (χ4v) is 3.14. The topological polar surface area (TPSA) is 72.2 Å². The normalized spacial score (nSPS) is 14.7. The lowest BCUT2D eigenvalue weighted by atomic mass is 10.0. The van der Waals surface area contributed by atoms with Crippen molar-refractivity contribution in [2.75, 3.05) is 12.3 Å². The van der Waals surface area contributed by atoms with Crippen molar-refractivity contribution in [3.05, 3.63) is 0 Å². The maximum Gasteiger partial charge on any atom is 0.211 e. The number of sulfonamides is 1. The lowest BCUT2D eigenvalue weighted by Gasteiger charge is -2.21. The van der Waals surface area contributed by atoms with Crippen LogP contribution in [-0.2, 0) is 10.0 Å². The molecule has 0 aliphatic rings. The van der Waals surface area contributed by atoms with Crippen molar-refractivity contribution < 1.29 is 8.42 Å². The summed E-state index contributed by atoms with van der Waals surface area (Å²) in [6.07, 6.45) is 1.39. The molecular weight excluding hydrogens is 224 g/mol. The van der Waals surface area contributed by atoms with E-state index in [1.54, 1.807) is 0 Å². The van der Waals surface area contributed by atoms with Gasteiger partial charge >= 0.3 is 0 Å². The Labute approximate surface area is 100 Å². The van der Waals surface area contributed by atoms with Gasteiger partial charge in [0.2, 0.25) is 10.0 Å². The van der Waals surface area contributed by atoms with Gasteiger partial charge in [0.05, 0.1) is 5.75 Å². The molecule has 0 radical (unpaired) electrons. The van der Waals surface area contributed by atoms with Crippen LogP contribution < -0.4 is 10.5 Å². The summed E-state index contributed by atoms with van der Waals surface area (Å²) >= 11 is 0. The van der Waals surface area contributed by atoms with E-state index < -0.39 is 10.0 Å². The zero-order valence-electron chi connectivity index (χ0n) is 10.9. The maximum absolute atomic E-state index is 11.8. The van der Waals surface area contributed by atoms with Gasteiger partial charge in [0, 0.05) is 6.04 Å². The predicted octanol–water partition coefficient (Wildman–Crippen LogP) is 1.33. The molecule has 0 saturated heterocycles. The summed E-state index contributed by atoms with van der Waals surface area (Å²) in [6.45, 7) is 8.57. The van der Waals surface area contributed by atoms with Crippen molar-refractivity contribution in [2.24, 2.45) is 17.6 Å². The summed E-state index contributed by atoms with van der Waals surface area (Å²) in [5.41, 5.74) is 5.47. The maximum atomic E-state index is 11.8. The molecule has 0 amide bonds. The summed E-state index contributed by atoms with van der Waals surface area (Å²) in [5, 5.41) is 0. The fraction of sp³-hybridized carbons (Fsp3) is 1.00. The van der Waals surface area contributed by atoms with Crippen LogP contribution >= 0.6 is 0 Å². The molecule has 98 valence electrons. The number of rotatable bonds is 8. The molecule has 0 fully saturated rings. The molecule has 0 aromatic heterocycles. The highest BCUT2D eigenvalue weighted by molar-refractivity contribution is 7.89. The minimum absolute atomic E-state index is 0.0397. The van der Waals surface area contributed by atoms with E-state index >= 15 is 0 Å². The van der Waals surface area contributed by atoms with Gasteiger partial charge in [0.1, 0.15) is 0 Å². The van der Waals surface area contributed by atoms with E-state index in [-0.39, 0.29) is 17.7 Å². The summed E-state index contributed by atoms with van der Waals surface area (Å²) in [4.78, 5) is 0. The van der Waals surface area contributed by atoms with Gasteiger partial charge < -0.3 is 5.73 Å². The number of nitrogens with two attached hydrogens (primary N) is 1. The molecule has 0 bridgehead atoms. The van der Waals surface area contributed by atoms with Crippen LogP contribution in [0.2, 0.25) is 0 Å². The summed E-state index contributed by atoms with van der Waals surface area (Å²) in [6, 6.07) is -0.0397. The molecule has 0 spiro atoms. The van der Waals surface area contributed by atoms with E-state index in [4.69, 9.17) is 5.73 Å². The van der Waals surface area contributed by atoms with Crippen molar-refractivity contribution in [3.63, 3.8) is 0 Å². The zero-order valence-corrected chi connectivity index (χ0v) is 11.7. The highest BCUT2D eigenvalue weighted by atomic mass is 32.2. The smallest absolute Gasteiger partial charge is 0.211 e. The van der Waals surface area contributed by atoms with Gasteiger partial charge in [-0.25, -0.2) is 13.1 Å². The molecule has 0 heterocycles. The first-order valence-corrected chi connectivity index (χ1v) is 7.63. The number of hydrogen-bond donors (Lipinski definition) is 2. The highest BCUT2D eigenvalue weighted by Crippen LogP contribution is 2.09. The first-order valence-electron chi connectivity index (χ1n) is 5.98. The standard InChI is InChI=1S/C11H26N2O2S/c1-9(2)6-8-16(14,15)13-11(5-7-12)10(3)4/h9-11,13H,5-8,12H2,1-4H3. The second-order valence-electron chi connectivity index (χ2n) is 5.05. The quantitative estimate of drug-likeness (QED) is 0.682. The molecule has 1 unspecified atom stereocenters. The van der Waals surface area contributed by atoms with Crippen molar-refractivity contribution >= 4 is 10.0 Å². The molecule has 0 aromatic carbocycles. The largest absolute Gasteiger partial charge is 0.330 e. The van der Waals surface area contributed by atoms with Gasteiger partial charge in [-0.2, -0.15) is 0 Å². The molecular formula is C11H26N2O2S. The van der Waals surface area contributed by atoms with E-state index in [1.807, 2.05) is 27.7 Å². The third kappa shape index (κ3) is 7.19. The Hall–Kier alpha value is -0.130. The van der Waals surface area contributed by atoms with Crippen molar-refractivity contribution in [1.29, 1.82) is 0 Å². The molecule has 3 N–H and O–H groups in total. The summed E-state index contributed by atoms with van der Waals surface area (Å²) in [7, 11) is -3.15. The van der Waals surface area contributed by atoms with Crippen LogP contribution in [0.3, 0.4) is 0 Å². The second-order valence-corrected chi connectivity index (χ2v) is 6.92.